The number of piperidine rings is 1. The molecule has 0 saturated carbocycles. The number of aliphatic carboxylic acids is 1. The number of amides is 1. The van der Waals surface area contributed by atoms with E-state index in [4.69, 9.17) is 9.90 Å². The van der Waals surface area contributed by atoms with Gasteiger partial charge in [-0.15, -0.1) is 0 Å². The number of carboxylic acids is 1. The van der Waals surface area contributed by atoms with Crippen LogP contribution in [0.5, 0.6) is 0 Å². The Morgan fingerprint density at radius 1 is 1.29 bits per heavy atom. The van der Waals surface area contributed by atoms with Gasteiger partial charge in [0.2, 0.25) is 5.91 Å². The normalized spacial score (nSPS) is 24.6. The second-order valence-corrected chi connectivity index (χ2v) is 6.77. The number of alkyl halides is 3. The van der Waals surface area contributed by atoms with Crippen LogP contribution in [0.4, 0.5) is 13.2 Å². The molecule has 1 amide bonds. The minimum Gasteiger partial charge on any atom is -0.475 e. The van der Waals surface area contributed by atoms with Crippen molar-refractivity contribution in [2.75, 3.05) is 33.2 Å². The molecule has 0 aromatic heterocycles. The van der Waals surface area contributed by atoms with Crippen LogP contribution in [-0.4, -0.2) is 66.2 Å². The Balaban J connectivity index is 0.000000351. The molecule has 0 bridgehead atoms. The summed E-state index contributed by atoms with van der Waals surface area (Å²) in [5, 5.41) is 7.12. The Morgan fingerprint density at radius 3 is 2.21 bits per heavy atom. The van der Waals surface area contributed by atoms with Crippen molar-refractivity contribution in [3.8, 4) is 0 Å². The Morgan fingerprint density at radius 2 is 1.83 bits per heavy atom. The molecule has 2 heterocycles. The molecule has 8 heteroatoms. The molecule has 0 aromatic carbocycles. The fraction of sp³-hybridized carbons (Fsp3) is 0.875. The van der Waals surface area contributed by atoms with Crippen LogP contribution in [0.25, 0.3) is 0 Å². The van der Waals surface area contributed by atoms with Crippen LogP contribution < -0.4 is 0 Å². The van der Waals surface area contributed by atoms with Crippen molar-refractivity contribution >= 4 is 11.9 Å². The summed E-state index contributed by atoms with van der Waals surface area (Å²) in [5.74, 6) is -1.57. The fourth-order valence-electron chi connectivity index (χ4n) is 3.51. The molecule has 0 radical (unpaired) electrons. The highest BCUT2D eigenvalue weighted by molar-refractivity contribution is 5.88. The van der Waals surface area contributed by atoms with E-state index in [1.807, 2.05) is 11.9 Å². The van der Waals surface area contributed by atoms with E-state index in [0.717, 1.165) is 25.4 Å². The largest absolute Gasteiger partial charge is 0.490 e. The lowest BCUT2D eigenvalue weighted by molar-refractivity contribution is -0.192. The molecule has 5 nitrogen and oxygen atoms in total. The summed E-state index contributed by atoms with van der Waals surface area (Å²) in [5.41, 5.74) is -0.000959. The van der Waals surface area contributed by atoms with Gasteiger partial charge in [0.1, 0.15) is 0 Å². The Kier molecular flexibility index (Phi) is 7.07. The quantitative estimate of drug-likeness (QED) is 0.790. The molecule has 0 aromatic rings. The fourth-order valence-corrected chi connectivity index (χ4v) is 3.51. The molecule has 2 aliphatic rings. The van der Waals surface area contributed by atoms with Crippen molar-refractivity contribution in [2.45, 2.75) is 45.7 Å². The van der Waals surface area contributed by atoms with Gasteiger partial charge in [-0.25, -0.2) is 4.79 Å². The van der Waals surface area contributed by atoms with Gasteiger partial charge >= 0.3 is 12.1 Å². The molecule has 1 atom stereocenters. The maximum Gasteiger partial charge on any atom is 0.490 e. The molecule has 140 valence electrons. The molecule has 2 aliphatic heterocycles. The van der Waals surface area contributed by atoms with E-state index in [9.17, 15) is 18.0 Å². The van der Waals surface area contributed by atoms with E-state index in [1.54, 1.807) is 0 Å². The number of likely N-dealkylation sites (tertiary alicyclic amines) is 2. The second kappa shape index (κ2) is 8.18. The third-order valence-electron chi connectivity index (χ3n) is 4.91. The van der Waals surface area contributed by atoms with Gasteiger partial charge in [-0.05, 0) is 25.3 Å². The molecule has 24 heavy (non-hydrogen) atoms. The smallest absolute Gasteiger partial charge is 0.475 e. The molecule has 0 aliphatic carbocycles. The van der Waals surface area contributed by atoms with Crippen LogP contribution in [0.3, 0.4) is 0 Å². The standard InChI is InChI=1S/C14H26N2O.C2HF3O2/c1-4-12(5-2)9-16-8-6-7-14(11-16)10-15(3)13(14)17;3-2(4,5)1(6)7/h12H,4-11H2,1-3H3;(H,6,7). The highest BCUT2D eigenvalue weighted by atomic mass is 19.4. The number of carbonyl (C=O) groups is 2. The molecule has 2 rings (SSSR count). The highest BCUT2D eigenvalue weighted by Crippen LogP contribution is 2.39. The van der Waals surface area contributed by atoms with Gasteiger partial charge < -0.3 is 14.9 Å². The molecule has 1 N–H and O–H groups in total. The minimum absolute atomic E-state index is 0.000959. The highest BCUT2D eigenvalue weighted by Gasteiger charge is 2.52. The van der Waals surface area contributed by atoms with Crippen molar-refractivity contribution < 1.29 is 27.9 Å². The van der Waals surface area contributed by atoms with Gasteiger partial charge in [-0.1, -0.05) is 26.7 Å². The van der Waals surface area contributed by atoms with Gasteiger partial charge in [-0.2, -0.15) is 13.2 Å². The lowest BCUT2D eigenvalue weighted by Crippen LogP contribution is -2.65. The van der Waals surface area contributed by atoms with Crippen LogP contribution >= 0.6 is 0 Å². The molecular weight excluding hydrogens is 325 g/mol. The summed E-state index contributed by atoms with van der Waals surface area (Å²) >= 11 is 0. The topological polar surface area (TPSA) is 60.9 Å². The lowest BCUT2D eigenvalue weighted by Gasteiger charge is -2.52. The van der Waals surface area contributed by atoms with Gasteiger partial charge in [0.25, 0.3) is 0 Å². The predicted molar refractivity (Wildman–Crippen MR) is 83.5 cm³/mol. The minimum atomic E-state index is -5.08. The average Bonchev–Trinajstić information content (AvgIpc) is 2.52. The summed E-state index contributed by atoms with van der Waals surface area (Å²) in [6, 6.07) is 0. The summed E-state index contributed by atoms with van der Waals surface area (Å²) in [7, 11) is 1.92. The van der Waals surface area contributed by atoms with Crippen molar-refractivity contribution in [1.82, 2.24) is 9.80 Å². The van der Waals surface area contributed by atoms with E-state index < -0.39 is 12.1 Å². The molecule has 1 spiro atoms. The summed E-state index contributed by atoms with van der Waals surface area (Å²) in [6.45, 7) is 8.91. The van der Waals surface area contributed by atoms with Crippen molar-refractivity contribution in [3.63, 3.8) is 0 Å². The Hall–Kier alpha value is -1.31. The molecule has 1 unspecified atom stereocenters. The number of β-lactam (4-membered cyclic amide) rings is 1. The predicted octanol–water partition coefficient (Wildman–Crippen LogP) is 2.61. The maximum atomic E-state index is 12.0. The van der Waals surface area contributed by atoms with Gasteiger partial charge in [-0.3, -0.25) is 4.79 Å². The van der Waals surface area contributed by atoms with Gasteiger partial charge in [0.15, 0.2) is 0 Å². The van der Waals surface area contributed by atoms with Crippen LogP contribution in [0.15, 0.2) is 0 Å². The van der Waals surface area contributed by atoms with Crippen LogP contribution in [-0.2, 0) is 9.59 Å². The Bertz CT molecular complexity index is 448. The van der Waals surface area contributed by atoms with Crippen molar-refractivity contribution in [1.29, 1.82) is 0 Å². The maximum absolute atomic E-state index is 12.0. The van der Waals surface area contributed by atoms with E-state index in [0.29, 0.717) is 5.91 Å². The number of hydrogen-bond donors (Lipinski definition) is 1. The summed E-state index contributed by atoms with van der Waals surface area (Å²) < 4.78 is 31.7. The number of hydrogen-bond acceptors (Lipinski definition) is 3. The zero-order chi connectivity index (χ0) is 18.5. The second-order valence-electron chi connectivity index (χ2n) is 6.77. The average molecular weight is 352 g/mol. The first-order valence-corrected chi connectivity index (χ1v) is 8.33. The number of halogens is 3. The molecule has 2 saturated heterocycles. The summed E-state index contributed by atoms with van der Waals surface area (Å²) in [4.78, 5) is 25.3. The third kappa shape index (κ3) is 5.09. The Labute approximate surface area is 140 Å². The third-order valence-corrected chi connectivity index (χ3v) is 4.91. The van der Waals surface area contributed by atoms with Crippen LogP contribution in [0.1, 0.15) is 39.5 Å². The lowest BCUT2D eigenvalue weighted by atomic mass is 9.72. The number of nitrogens with zero attached hydrogens (tertiary/aromatic N) is 2. The molecular formula is C16H27F3N2O3. The first-order chi connectivity index (χ1) is 11.1. The molecule has 2 fully saturated rings. The van der Waals surface area contributed by atoms with Crippen LogP contribution in [0, 0.1) is 11.3 Å². The van der Waals surface area contributed by atoms with Crippen molar-refractivity contribution in [3.05, 3.63) is 0 Å². The number of carboxylic acid groups (broad SMARTS) is 1. The van der Waals surface area contributed by atoms with Crippen LogP contribution in [0.2, 0.25) is 0 Å². The SMILES string of the molecule is CCC(CC)CN1CCCC2(C1)CN(C)C2=O.O=C(O)C(F)(F)F. The first-order valence-electron chi connectivity index (χ1n) is 8.33. The van der Waals surface area contributed by atoms with Gasteiger partial charge in [0, 0.05) is 26.7 Å². The summed E-state index contributed by atoms with van der Waals surface area (Å²) in [6.07, 6.45) is -0.267. The number of rotatable bonds is 4. The van der Waals surface area contributed by atoms with E-state index in [1.165, 1.54) is 32.4 Å². The van der Waals surface area contributed by atoms with E-state index >= 15 is 0 Å². The van der Waals surface area contributed by atoms with E-state index in [2.05, 4.69) is 18.7 Å². The zero-order valence-corrected chi connectivity index (χ0v) is 14.5. The first kappa shape index (κ1) is 20.7. The number of carbonyl (C=O) groups excluding carboxylic acids is 1. The van der Waals surface area contributed by atoms with Crippen molar-refractivity contribution in [2.24, 2.45) is 11.3 Å². The van der Waals surface area contributed by atoms with E-state index in [-0.39, 0.29) is 5.41 Å². The monoisotopic (exact) mass is 352 g/mol. The van der Waals surface area contributed by atoms with Gasteiger partial charge in [0.05, 0.1) is 5.41 Å². The zero-order valence-electron chi connectivity index (χ0n) is 14.5.